The van der Waals surface area contributed by atoms with E-state index in [4.69, 9.17) is 15.9 Å². The highest BCUT2D eigenvalue weighted by Gasteiger charge is 2.22. The predicted octanol–water partition coefficient (Wildman–Crippen LogP) is 0.856. The van der Waals surface area contributed by atoms with Crippen LogP contribution in [0, 0.1) is 12.3 Å². The summed E-state index contributed by atoms with van der Waals surface area (Å²) in [4.78, 5) is 25.3. The van der Waals surface area contributed by atoms with Gasteiger partial charge in [-0.1, -0.05) is 0 Å². The van der Waals surface area contributed by atoms with Gasteiger partial charge in [-0.2, -0.15) is 0 Å². The molecule has 1 saturated heterocycles. The van der Waals surface area contributed by atoms with Gasteiger partial charge in [0.1, 0.15) is 11.5 Å². The summed E-state index contributed by atoms with van der Waals surface area (Å²) in [7, 11) is 3.10. The molecule has 1 aliphatic rings. The predicted molar refractivity (Wildman–Crippen MR) is 94.6 cm³/mol. The van der Waals surface area contributed by atoms with Crippen molar-refractivity contribution in [3.63, 3.8) is 0 Å². The number of methoxy groups -OCH3 is 2. The van der Waals surface area contributed by atoms with E-state index in [2.05, 4.69) is 16.6 Å². The highest BCUT2D eigenvalue weighted by atomic mass is 16.5. The third-order valence-corrected chi connectivity index (χ3v) is 4.14. The first-order valence-electron chi connectivity index (χ1n) is 8.08. The minimum Gasteiger partial charge on any atom is -0.497 e. The Morgan fingerprint density at radius 3 is 2.60 bits per heavy atom. The first-order chi connectivity index (χ1) is 12.1. The fourth-order valence-electron chi connectivity index (χ4n) is 2.72. The van der Waals surface area contributed by atoms with Crippen LogP contribution >= 0.6 is 0 Å². The molecular formula is C18H23N3O4. The lowest BCUT2D eigenvalue weighted by Gasteiger charge is -2.31. The van der Waals surface area contributed by atoms with Crippen molar-refractivity contribution >= 4 is 17.5 Å². The number of benzene rings is 1. The zero-order valence-electron chi connectivity index (χ0n) is 14.5. The summed E-state index contributed by atoms with van der Waals surface area (Å²) in [6.07, 6.45) is 6.66. The van der Waals surface area contributed by atoms with Crippen molar-refractivity contribution in [2.45, 2.75) is 18.9 Å². The molecule has 134 valence electrons. The van der Waals surface area contributed by atoms with Crippen LogP contribution in [0.25, 0.3) is 0 Å². The maximum Gasteiger partial charge on any atom is 0.298 e. The van der Waals surface area contributed by atoms with Crippen molar-refractivity contribution in [3.05, 3.63) is 18.2 Å². The third-order valence-electron chi connectivity index (χ3n) is 4.14. The Labute approximate surface area is 147 Å². The summed E-state index contributed by atoms with van der Waals surface area (Å²) in [5.74, 6) is 2.88. The average molecular weight is 345 g/mol. The zero-order valence-corrected chi connectivity index (χ0v) is 14.5. The number of amides is 2. The van der Waals surface area contributed by atoms with Crippen LogP contribution in [0.5, 0.6) is 11.5 Å². The Hall–Kier alpha value is -2.72. The quantitative estimate of drug-likeness (QED) is 0.748. The maximum atomic E-state index is 12.2. The smallest absolute Gasteiger partial charge is 0.298 e. The summed E-state index contributed by atoms with van der Waals surface area (Å²) in [5, 5.41) is 6.03. The fraction of sp³-hybridized carbons (Fsp3) is 0.444. The molecule has 7 heteroatoms. The molecule has 0 bridgehead atoms. The van der Waals surface area contributed by atoms with E-state index >= 15 is 0 Å². The van der Waals surface area contributed by atoms with Crippen LogP contribution < -0.4 is 20.1 Å². The van der Waals surface area contributed by atoms with E-state index < -0.39 is 0 Å². The summed E-state index contributed by atoms with van der Waals surface area (Å²) in [6, 6.07) is 5.39. The lowest BCUT2D eigenvalue weighted by Crippen LogP contribution is -2.46. The van der Waals surface area contributed by atoms with E-state index in [0.717, 1.165) is 12.8 Å². The van der Waals surface area contributed by atoms with Gasteiger partial charge in [-0.05, 0) is 30.9 Å². The van der Waals surface area contributed by atoms with Crippen LogP contribution in [0.15, 0.2) is 18.2 Å². The Morgan fingerprint density at radius 1 is 1.28 bits per heavy atom. The monoisotopic (exact) mass is 345 g/mol. The molecule has 2 amide bonds. The van der Waals surface area contributed by atoms with Crippen molar-refractivity contribution in [2.24, 2.45) is 0 Å². The largest absolute Gasteiger partial charge is 0.497 e. The van der Waals surface area contributed by atoms with Crippen molar-refractivity contribution < 1.29 is 19.1 Å². The molecule has 2 rings (SSSR count). The van der Waals surface area contributed by atoms with Gasteiger partial charge in [0.15, 0.2) is 0 Å². The molecule has 0 saturated carbocycles. The second-order valence-corrected chi connectivity index (χ2v) is 5.71. The van der Waals surface area contributed by atoms with E-state index in [1.807, 2.05) is 0 Å². The van der Waals surface area contributed by atoms with Gasteiger partial charge in [0, 0.05) is 25.2 Å². The minimum atomic E-state index is -0.277. The molecule has 0 radical (unpaired) electrons. The molecule has 0 spiro atoms. The molecule has 0 atom stereocenters. The molecule has 7 nitrogen and oxygen atoms in total. The van der Waals surface area contributed by atoms with Crippen molar-refractivity contribution in [3.8, 4) is 23.8 Å². The highest BCUT2D eigenvalue weighted by molar-refractivity contribution is 5.94. The Balaban J connectivity index is 1.82. The van der Waals surface area contributed by atoms with Gasteiger partial charge >= 0.3 is 0 Å². The lowest BCUT2D eigenvalue weighted by atomic mass is 10.1. The first-order valence-corrected chi connectivity index (χ1v) is 8.08. The van der Waals surface area contributed by atoms with E-state index in [-0.39, 0.29) is 24.4 Å². The highest BCUT2D eigenvalue weighted by Crippen LogP contribution is 2.28. The number of carbonyl (C=O) groups is 2. The summed E-state index contributed by atoms with van der Waals surface area (Å²) in [5.41, 5.74) is 0.558. The van der Waals surface area contributed by atoms with Crippen LogP contribution in [0.3, 0.4) is 0 Å². The molecule has 1 fully saturated rings. The SMILES string of the molecule is C#CC(=O)N1CCC(NCC(=O)Nc2cc(OC)ccc2OC)CC1. The number of nitrogens with zero attached hydrogens (tertiary/aromatic N) is 1. The molecule has 0 aromatic heterocycles. The van der Waals surface area contributed by atoms with Gasteiger partial charge in [0.2, 0.25) is 5.91 Å². The average Bonchev–Trinajstić information content (AvgIpc) is 2.66. The zero-order chi connectivity index (χ0) is 18.2. The number of likely N-dealkylation sites (tertiary alicyclic amines) is 1. The van der Waals surface area contributed by atoms with Crippen molar-refractivity contribution in [2.75, 3.05) is 39.2 Å². The first kappa shape index (κ1) is 18.6. The van der Waals surface area contributed by atoms with Gasteiger partial charge in [-0.3, -0.25) is 9.59 Å². The standard InChI is InChI=1S/C18H23N3O4/c1-4-18(23)21-9-7-13(8-10-21)19-12-17(22)20-15-11-14(24-2)5-6-16(15)25-3/h1,5-6,11,13,19H,7-10,12H2,2-3H3,(H,20,22). The Bertz CT molecular complexity index is 661. The topological polar surface area (TPSA) is 79.9 Å². The summed E-state index contributed by atoms with van der Waals surface area (Å²) in [6.45, 7) is 1.38. The van der Waals surface area contributed by atoms with Crippen molar-refractivity contribution in [1.29, 1.82) is 0 Å². The van der Waals surface area contributed by atoms with Gasteiger partial charge in [-0.15, -0.1) is 6.42 Å². The van der Waals surface area contributed by atoms with Crippen LogP contribution in [0.1, 0.15) is 12.8 Å². The minimum absolute atomic E-state index is 0.173. The Morgan fingerprint density at radius 2 is 2.00 bits per heavy atom. The van der Waals surface area contributed by atoms with Crippen LogP contribution in [-0.4, -0.2) is 56.6 Å². The second-order valence-electron chi connectivity index (χ2n) is 5.71. The van der Waals surface area contributed by atoms with E-state index in [9.17, 15) is 9.59 Å². The fourth-order valence-corrected chi connectivity index (χ4v) is 2.72. The number of rotatable bonds is 6. The third kappa shape index (κ3) is 5.13. The summed E-state index contributed by atoms with van der Waals surface area (Å²) >= 11 is 0. The number of ether oxygens (including phenoxy) is 2. The van der Waals surface area contributed by atoms with Crippen LogP contribution in [0.2, 0.25) is 0 Å². The molecule has 1 heterocycles. The number of anilines is 1. The van der Waals surface area contributed by atoms with E-state index in [1.165, 1.54) is 0 Å². The molecule has 0 unspecified atom stereocenters. The molecule has 2 N–H and O–H groups in total. The Kier molecular flexibility index (Phi) is 6.66. The second kappa shape index (κ2) is 8.94. The number of nitrogens with one attached hydrogen (secondary N) is 2. The van der Waals surface area contributed by atoms with Gasteiger partial charge in [0.05, 0.1) is 26.5 Å². The molecule has 1 aromatic rings. The molecule has 1 aromatic carbocycles. The summed E-state index contributed by atoms with van der Waals surface area (Å²) < 4.78 is 10.4. The van der Waals surface area contributed by atoms with Gasteiger partial charge in [-0.25, -0.2) is 0 Å². The van der Waals surface area contributed by atoms with Gasteiger partial charge in [0.25, 0.3) is 5.91 Å². The van der Waals surface area contributed by atoms with Gasteiger partial charge < -0.3 is 25.0 Å². The lowest BCUT2D eigenvalue weighted by molar-refractivity contribution is -0.126. The number of carbonyl (C=O) groups excluding carboxylic acids is 2. The number of hydrogen-bond donors (Lipinski definition) is 2. The van der Waals surface area contributed by atoms with E-state index in [0.29, 0.717) is 30.3 Å². The number of hydrogen-bond acceptors (Lipinski definition) is 5. The molecule has 0 aliphatic carbocycles. The molecular weight excluding hydrogens is 322 g/mol. The number of piperidine rings is 1. The number of terminal acetylenes is 1. The van der Waals surface area contributed by atoms with E-state index in [1.54, 1.807) is 37.3 Å². The van der Waals surface area contributed by atoms with Crippen LogP contribution in [0.4, 0.5) is 5.69 Å². The molecule has 25 heavy (non-hydrogen) atoms. The van der Waals surface area contributed by atoms with Crippen LogP contribution in [-0.2, 0) is 9.59 Å². The normalized spacial score (nSPS) is 14.5. The molecule has 1 aliphatic heterocycles. The van der Waals surface area contributed by atoms with Crippen molar-refractivity contribution in [1.82, 2.24) is 10.2 Å². The maximum absolute atomic E-state index is 12.2.